The number of nitrogens with zero attached hydrogens (tertiary/aromatic N) is 3. The zero-order valence-corrected chi connectivity index (χ0v) is 18.7. The maximum atomic E-state index is 12.0. The summed E-state index contributed by atoms with van der Waals surface area (Å²) in [5.41, 5.74) is 0.154. The molecule has 8 nitrogen and oxygen atoms in total. The third kappa shape index (κ3) is 8.10. The summed E-state index contributed by atoms with van der Waals surface area (Å²) in [6.45, 7) is 8.86. The zero-order valence-electron chi connectivity index (χ0n) is 18.7. The average molecular weight is 412 g/mol. The molecule has 2 fully saturated rings. The molecular weight excluding hydrogens is 370 g/mol. The molecule has 2 rings (SSSR count). The van der Waals surface area contributed by atoms with Crippen molar-refractivity contribution in [3.05, 3.63) is 0 Å². The minimum Gasteiger partial charge on any atom is -0.382 e. The van der Waals surface area contributed by atoms with E-state index in [1.807, 2.05) is 6.92 Å². The second kappa shape index (κ2) is 13.0. The van der Waals surface area contributed by atoms with E-state index in [1.54, 1.807) is 19.0 Å². The van der Waals surface area contributed by atoms with Crippen LogP contribution in [0.25, 0.3) is 0 Å². The van der Waals surface area contributed by atoms with Gasteiger partial charge in [0.05, 0.1) is 13.2 Å². The molecule has 2 aliphatic rings. The van der Waals surface area contributed by atoms with E-state index in [4.69, 9.17) is 9.47 Å². The molecule has 168 valence electrons. The number of nitrogens with one attached hydrogen (secondary N) is 2. The first kappa shape index (κ1) is 23.9. The van der Waals surface area contributed by atoms with Crippen LogP contribution in [0.4, 0.5) is 0 Å². The molecule has 8 heteroatoms. The molecule has 0 aromatic rings. The van der Waals surface area contributed by atoms with Gasteiger partial charge in [0.25, 0.3) is 0 Å². The lowest BCUT2D eigenvalue weighted by Crippen LogP contribution is -2.60. The van der Waals surface area contributed by atoms with Crippen LogP contribution in [0.5, 0.6) is 0 Å². The summed E-state index contributed by atoms with van der Waals surface area (Å²) >= 11 is 0. The normalized spacial score (nSPS) is 20.3. The van der Waals surface area contributed by atoms with Crippen LogP contribution < -0.4 is 10.6 Å². The van der Waals surface area contributed by atoms with Crippen molar-refractivity contribution in [1.82, 2.24) is 20.4 Å². The lowest BCUT2D eigenvalue weighted by Gasteiger charge is -2.48. The third-order valence-corrected chi connectivity index (χ3v) is 5.88. The number of aliphatic imine (C=N–C) groups is 1. The standard InChI is InChI=1S/C21H41N5O3/c1-4-28-14-8-11-22-20(23-17-19(27)25(2)3)24-18-21(9-6-5-7-10-21)26-12-15-29-16-13-26/h4-18H2,1-3H3,(H2,22,23,24). The van der Waals surface area contributed by atoms with E-state index in [2.05, 4.69) is 20.5 Å². The fourth-order valence-corrected chi connectivity index (χ4v) is 4.09. The maximum Gasteiger partial charge on any atom is 0.243 e. The molecule has 1 saturated heterocycles. The second-order valence-corrected chi connectivity index (χ2v) is 8.17. The molecule has 29 heavy (non-hydrogen) atoms. The molecule has 0 radical (unpaired) electrons. The molecular formula is C21H41N5O3. The number of hydrogen-bond donors (Lipinski definition) is 2. The van der Waals surface area contributed by atoms with Crippen LogP contribution in [0.1, 0.15) is 45.4 Å². The van der Waals surface area contributed by atoms with Gasteiger partial charge >= 0.3 is 0 Å². The Hall–Kier alpha value is -1.38. The Labute approximate surface area is 176 Å². The Kier molecular flexibility index (Phi) is 10.7. The summed E-state index contributed by atoms with van der Waals surface area (Å²) in [4.78, 5) is 20.7. The second-order valence-electron chi connectivity index (χ2n) is 8.17. The molecule has 0 aromatic heterocycles. The number of amides is 1. The Balaban J connectivity index is 1.98. The molecule has 2 N–H and O–H groups in total. The maximum absolute atomic E-state index is 12.0. The van der Waals surface area contributed by atoms with Crippen molar-refractivity contribution in [3.63, 3.8) is 0 Å². The van der Waals surface area contributed by atoms with E-state index in [0.717, 1.165) is 65.0 Å². The van der Waals surface area contributed by atoms with Gasteiger partial charge in [-0.05, 0) is 26.2 Å². The first-order valence-electron chi connectivity index (χ1n) is 11.2. The molecule has 1 aliphatic heterocycles. The highest BCUT2D eigenvalue weighted by Crippen LogP contribution is 2.33. The number of carbonyl (C=O) groups excluding carboxylic acids is 1. The van der Waals surface area contributed by atoms with Crippen molar-refractivity contribution in [3.8, 4) is 0 Å². The van der Waals surface area contributed by atoms with Crippen molar-refractivity contribution in [2.24, 2.45) is 4.99 Å². The quantitative estimate of drug-likeness (QED) is 0.318. The van der Waals surface area contributed by atoms with Gasteiger partial charge in [-0.15, -0.1) is 0 Å². The number of guanidine groups is 1. The topological polar surface area (TPSA) is 78.4 Å². The SMILES string of the molecule is CCOCCCNC(=NCC(=O)N(C)C)NCC1(N2CCOCC2)CCCCC1. The van der Waals surface area contributed by atoms with Crippen molar-refractivity contribution >= 4 is 11.9 Å². The highest BCUT2D eigenvalue weighted by molar-refractivity contribution is 5.84. The van der Waals surface area contributed by atoms with Crippen LogP contribution in [0.15, 0.2) is 4.99 Å². The number of likely N-dealkylation sites (N-methyl/N-ethyl adjacent to an activating group) is 1. The van der Waals surface area contributed by atoms with Gasteiger partial charge in [0.1, 0.15) is 6.54 Å². The molecule has 0 unspecified atom stereocenters. The van der Waals surface area contributed by atoms with Gasteiger partial charge in [0.2, 0.25) is 5.91 Å². The van der Waals surface area contributed by atoms with E-state index < -0.39 is 0 Å². The molecule has 0 bridgehead atoms. The van der Waals surface area contributed by atoms with Gasteiger partial charge < -0.3 is 25.0 Å². The smallest absolute Gasteiger partial charge is 0.243 e. The minimum atomic E-state index is 0.000903. The molecule has 1 amide bonds. The number of hydrogen-bond acceptors (Lipinski definition) is 5. The van der Waals surface area contributed by atoms with Gasteiger partial charge in [-0.25, -0.2) is 4.99 Å². The van der Waals surface area contributed by atoms with Crippen LogP contribution >= 0.6 is 0 Å². The predicted octanol–water partition coefficient (Wildman–Crippen LogP) is 1.07. The van der Waals surface area contributed by atoms with Gasteiger partial charge in [0, 0.05) is 59.0 Å². The Morgan fingerprint density at radius 2 is 1.90 bits per heavy atom. The van der Waals surface area contributed by atoms with Crippen molar-refractivity contribution in [1.29, 1.82) is 0 Å². The van der Waals surface area contributed by atoms with Crippen LogP contribution in [0.2, 0.25) is 0 Å². The molecule has 0 spiro atoms. The summed E-state index contributed by atoms with van der Waals surface area (Å²) in [6.07, 6.45) is 7.17. The van der Waals surface area contributed by atoms with Crippen molar-refractivity contribution in [2.45, 2.75) is 51.0 Å². The summed E-state index contributed by atoms with van der Waals surface area (Å²) in [5.74, 6) is 0.718. The van der Waals surface area contributed by atoms with Crippen LogP contribution in [-0.2, 0) is 14.3 Å². The first-order valence-corrected chi connectivity index (χ1v) is 11.2. The van der Waals surface area contributed by atoms with Crippen LogP contribution in [0.3, 0.4) is 0 Å². The van der Waals surface area contributed by atoms with Crippen LogP contribution in [0, 0.1) is 0 Å². The highest BCUT2D eigenvalue weighted by Gasteiger charge is 2.38. The summed E-state index contributed by atoms with van der Waals surface area (Å²) in [6, 6.07) is 0. The van der Waals surface area contributed by atoms with E-state index in [9.17, 15) is 4.79 Å². The molecule has 0 aromatic carbocycles. The Morgan fingerprint density at radius 3 is 2.55 bits per heavy atom. The number of morpholine rings is 1. The summed E-state index contributed by atoms with van der Waals surface area (Å²) < 4.78 is 11.0. The van der Waals surface area contributed by atoms with E-state index in [0.29, 0.717) is 0 Å². The average Bonchev–Trinajstić information content (AvgIpc) is 2.75. The number of ether oxygens (including phenoxy) is 2. The van der Waals surface area contributed by atoms with E-state index >= 15 is 0 Å². The lowest BCUT2D eigenvalue weighted by atomic mass is 9.80. The van der Waals surface area contributed by atoms with E-state index in [1.165, 1.54) is 32.1 Å². The largest absolute Gasteiger partial charge is 0.382 e. The van der Waals surface area contributed by atoms with E-state index in [-0.39, 0.29) is 18.0 Å². The van der Waals surface area contributed by atoms with Gasteiger partial charge in [-0.1, -0.05) is 19.3 Å². The number of rotatable bonds is 10. The van der Waals surface area contributed by atoms with Gasteiger partial charge in [0.15, 0.2) is 5.96 Å². The summed E-state index contributed by atoms with van der Waals surface area (Å²) in [7, 11) is 3.52. The zero-order chi connectivity index (χ0) is 21.0. The van der Waals surface area contributed by atoms with Crippen molar-refractivity contribution in [2.75, 3.05) is 73.2 Å². The fourth-order valence-electron chi connectivity index (χ4n) is 4.09. The highest BCUT2D eigenvalue weighted by atomic mass is 16.5. The molecule has 1 heterocycles. The Morgan fingerprint density at radius 1 is 1.17 bits per heavy atom. The van der Waals surface area contributed by atoms with Gasteiger partial charge in [-0.3, -0.25) is 9.69 Å². The fraction of sp³-hybridized carbons (Fsp3) is 0.905. The lowest BCUT2D eigenvalue weighted by molar-refractivity contribution is -0.127. The minimum absolute atomic E-state index is 0.000903. The van der Waals surface area contributed by atoms with Gasteiger partial charge in [-0.2, -0.15) is 0 Å². The van der Waals surface area contributed by atoms with Crippen LogP contribution in [-0.4, -0.2) is 100 Å². The first-order chi connectivity index (χ1) is 14.1. The molecule has 1 aliphatic carbocycles. The monoisotopic (exact) mass is 411 g/mol. The summed E-state index contributed by atoms with van der Waals surface area (Å²) in [5, 5.41) is 6.94. The number of carbonyl (C=O) groups is 1. The molecule has 1 saturated carbocycles. The van der Waals surface area contributed by atoms with Crippen molar-refractivity contribution < 1.29 is 14.3 Å². The Bertz CT molecular complexity index is 501. The molecule has 0 atom stereocenters. The third-order valence-electron chi connectivity index (χ3n) is 5.88. The predicted molar refractivity (Wildman–Crippen MR) is 116 cm³/mol.